The maximum Gasteiger partial charge on any atom is 0.226 e. The second-order valence-electron chi connectivity index (χ2n) is 7.65. The summed E-state index contributed by atoms with van der Waals surface area (Å²) < 4.78 is 12.5. The molecule has 2 aromatic carbocycles. The van der Waals surface area contributed by atoms with Crippen molar-refractivity contribution in [1.82, 2.24) is 14.8 Å². The van der Waals surface area contributed by atoms with Gasteiger partial charge in [-0.05, 0) is 47.7 Å². The number of anilines is 1. The van der Waals surface area contributed by atoms with Crippen LogP contribution in [-0.4, -0.2) is 34.8 Å². The highest BCUT2D eigenvalue weighted by atomic mass is 35.5. The van der Waals surface area contributed by atoms with Crippen molar-refractivity contribution in [3.8, 4) is 11.5 Å². The fraction of sp³-hybridized carbons (Fsp3) is 0.261. The van der Waals surface area contributed by atoms with Gasteiger partial charge in [0, 0.05) is 22.7 Å². The first-order chi connectivity index (χ1) is 15.1. The molecule has 0 fully saturated rings. The molecular formula is C23H21ClN4O3. The highest BCUT2D eigenvalue weighted by molar-refractivity contribution is 6.30. The second-order valence-corrected chi connectivity index (χ2v) is 8.08. The number of nitrogens with zero attached hydrogens (tertiary/aromatic N) is 3. The van der Waals surface area contributed by atoms with Crippen LogP contribution in [-0.2, 0) is 4.79 Å². The van der Waals surface area contributed by atoms with Crippen LogP contribution in [0.1, 0.15) is 35.9 Å². The van der Waals surface area contributed by atoms with E-state index in [-0.39, 0.29) is 17.7 Å². The van der Waals surface area contributed by atoms with E-state index >= 15 is 0 Å². The Balaban J connectivity index is 1.56. The number of ether oxygens (including phenoxy) is 2. The minimum Gasteiger partial charge on any atom is -0.493 e. The van der Waals surface area contributed by atoms with Crippen LogP contribution in [0.15, 0.2) is 60.1 Å². The normalized spacial score (nSPS) is 20.0. The third-order valence-corrected chi connectivity index (χ3v) is 6.14. The monoisotopic (exact) mass is 436 g/mol. The van der Waals surface area contributed by atoms with Gasteiger partial charge in [-0.2, -0.15) is 10.1 Å². The van der Waals surface area contributed by atoms with Gasteiger partial charge in [0.2, 0.25) is 5.95 Å². The summed E-state index contributed by atoms with van der Waals surface area (Å²) in [5, 5.41) is 8.32. The molecule has 158 valence electrons. The van der Waals surface area contributed by atoms with E-state index in [4.69, 9.17) is 21.1 Å². The number of allylic oxidation sites excluding steroid dienone is 2. The Bertz CT molecular complexity index is 1200. The molecule has 1 aliphatic heterocycles. The lowest BCUT2D eigenvalue weighted by Gasteiger charge is -2.35. The predicted molar refractivity (Wildman–Crippen MR) is 117 cm³/mol. The number of halogens is 1. The molecule has 5 rings (SSSR count). The fourth-order valence-electron chi connectivity index (χ4n) is 4.48. The lowest BCUT2D eigenvalue weighted by molar-refractivity contribution is -0.116. The largest absolute Gasteiger partial charge is 0.493 e. The summed E-state index contributed by atoms with van der Waals surface area (Å²) in [6, 6.07) is 13.0. The number of rotatable bonds is 4. The number of fused-ring (bicyclic) bond motifs is 1. The van der Waals surface area contributed by atoms with Crippen molar-refractivity contribution in [3.05, 3.63) is 76.2 Å². The Morgan fingerprint density at radius 1 is 1.06 bits per heavy atom. The van der Waals surface area contributed by atoms with Crippen molar-refractivity contribution >= 4 is 23.3 Å². The van der Waals surface area contributed by atoms with Gasteiger partial charge >= 0.3 is 0 Å². The summed E-state index contributed by atoms with van der Waals surface area (Å²) in [5.41, 5.74) is 3.54. The number of benzene rings is 2. The third-order valence-electron chi connectivity index (χ3n) is 5.91. The van der Waals surface area contributed by atoms with Crippen molar-refractivity contribution in [1.29, 1.82) is 0 Å². The van der Waals surface area contributed by atoms with Gasteiger partial charge in [0.25, 0.3) is 0 Å². The zero-order valence-corrected chi connectivity index (χ0v) is 17.9. The smallest absolute Gasteiger partial charge is 0.226 e. The van der Waals surface area contributed by atoms with Crippen molar-refractivity contribution in [3.63, 3.8) is 0 Å². The summed E-state index contributed by atoms with van der Waals surface area (Å²) in [6.07, 6.45) is 2.58. The number of ketones is 1. The van der Waals surface area contributed by atoms with Crippen LogP contribution in [0, 0.1) is 0 Å². The summed E-state index contributed by atoms with van der Waals surface area (Å²) in [4.78, 5) is 17.8. The van der Waals surface area contributed by atoms with Crippen LogP contribution in [0.4, 0.5) is 5.95 Å². The number of aromatic nitrogens is 3. The Labute approximate surface area is 184 Å². The summed E-state index contributed by atoms with van der Waals surface area (Å²) in [6.45, 7) is 0. The molecule has 1 aliphatic carbocycles. The molecule has 0 saturated carbocycles. The van der Waals surface area contributed by atoms with Gasteiger partial charge in [-0.3, -0.25) is 4.79 Å². The van der Waals surface area contributed by atoms with Crippen LogP contribution >= 0.6 is 11.6 Å². The minimum absolute atomic E-state index is 0.0213. The van der Waals surface area contributed by atoms with Crippen LogP contribution in [0.2, 0.25) is 5.02 Å². The SMILES string of the molecule is COc1ccc([C@@H]2CC(=O)C3=C(C2)Nc2ncnn2[C@@H]3c2cccc(Cl)c2)cc1OC. The Kier molecular flexibility index (Phi) is 4.90. The predicted octanol–water partition coefficient (Wildman–Crippen LogP) is 4.36. The van der Waals surface area contributed by atoms with E-state index in [0.29, 0.717) is 35.3 Å². The third kappa shape index (κ3) is 3.35. The Hall–Kier alpha value is -3.32. The molecule has 0 unspecified atom stereocenters. The molecule has 1 N–H and O–H groups in total. The van der Waals surface area contributed by atoms with Gasteiger partial charge in [-0.1, -0.05) is 29.8 Å². The molecular weight excluding hydrogens is 416 g/mol. The van der Waals surface area contributed by atoms with Crippen LogP contribution in [0.3, 0.4) is 0 Å². The zero-order chi connectivity index (χ0) is 21.5. The van der Waals surface area contributed by atoms with Gasteiger partial charge in [0.05, 0.1) is 14.2 Å². The van der Waals surface area contributed by atoms with Crippen molar-refractivity contribution in [2.75, 3.05) is 19.5 Å². The molecule has 2 aliphatic rings. The molecule has 8 heteroatoms. The molecule has 2 heterocycles. The topological polar surface area (TPSA) is 78.3 Å². The maximum absolute atomic E-state index is 13.4. The van der Waals surface area contributed by atoms with E-state index < -0.39 is 0 Å². The standard InChI is InChI=1S/C23H21ClN4O3/c1-30-19-7-6-13(11-20(19)31-2)15-9-17-21(18(29)10-15)22(14-4-3-5-16(24)8-14)28-23(27-17)25-12-26-28/h3-8,11-12,15,22H,9-10H2,1-2H3,(H,25,26,27)/t15-,22+/m0/s1. The van der Waals surface area contributed by atoms with Crippen molar-refractivity contribution < 1.29 is 14.3 Å². The first-order valence-electron chi connectivity index (χ1n) is 9.99. The molecule has 2 atom stereocenters. The molecule has 0 spiro atoms. The highest BCUT2D eigenvalue weighted by Crippen LogP contribution is 2.45. The molecule has 0 bridgehead atoms. The lowest BCUT2D eigenvalue weighted by atomic mass is 9.78. The fourth-order valence-corrected chi connectivity index (χ4v) is 4.68. The average Bonchev–Trinajstić information content (AvgIpc) is 3.25. The quantitative estimate of drug-likeness (QED) is 0.654. The van der Waals surface area contributed by atoms with Crippen LogP contribution < -0.4 is 14.8 Å². The van der Waals surface area contributed by atoms with Crippen LogP contribution in [0.5, 0.6) is 11.5 Å². The lowest BCUT2D eigenvalue weighted by Crippen LogP contribution is -2.33. The first kappa shape index (κ1) is 19.6. The van der Waals surface area contributed by atoms with Gasteiger partial charge in [-0.25, -0.2) is 4.68 Å². The van der Waals surface area contributed by atoms with Gasteiger partial charge in [0.1, 0.15) is 12.4 Å². The number of carbonyl (C=O) groups excluding carboxylic acids is 1. The summed E-state index contributed by atoms with van der Waals surface area (Å²) >= 11 is 6.25. The van der Waals surface area contributed by atoms with Crippen molar-refractivity contribution in [2.24, 2.45) is 0 Å². The molecule has 7 nitrogen and oxygen atoms in total. The molecule has 0 saturated heterocycles. The average molecular weight is 437 g/mol. The van der Waals surface area contributed by atoms with Gasteiger partial charge in [0.15, 0.2) is 17.3 Å². The molecule has 0 radical (unpaired) electrons. The number of carbonyl (C=O) groups is 1. The second kappa shape index (κ2) is 7.74. The van der Waals surface area contributed by atoms with Crippen molar-refractivity contribution in [2.45, 2.75) is 24.8 Å². The van der Waals surface area contributed by atoms with E-state index in [1.165, 1.54) is 6.33 Å². The zero-order valence-electron chi connectivity index (χ0n) is 17.1. The van der Waals surface area contributed by atoms with E-state index in [2.05, 4.69) is 15.4 Å². The highest BCUT2D eigenvalue weighted by Gasteiger charge is 2.39. The number of nitrogens with one attached hydrogen (secondary N) is 1. The van der Waals surface area contributed by atoms with E-state index in [9.17, 15) is 4.79 Å². The number of methoxy groups -OCH3 is 2. The first-order valence-corrected chi connectivity index (χ1v) is 10.4. The number of Topliss-reactive ketones (excluding diaryl/α,β-unsaturated/α-hetero) is 1. The molecule has 3 aromatic rings. The molecule has 1 aromatic heterocycles. The van der Waals surface area contributed by atoms with E-state index in [1.807, 2.05) is 42.5 Å². The van der Waals surface area contributed by atoms with Gasteiger partial charge in [-0.15, -0.1) is 0 Å². The van der Waals surface area contributed by atoms with E-state index in [1.54, 1.807) is 18.9 Å². The molecule has 0 amide bonds. The van der Waals surface area contributed by atoms with Gasteiger partial charge < -0.3 is 14.8 Å². The summed E-state index contributed by atoms with van der Waals surface area (Å²) in [5.74, 6) is 2.04. The minimum atomic E-state index is -0.355. The maximum atomic E-state index is 13.4. The summed E-state index contributed by atoms with van der Waals surface area (Å²) in [7, 11) is 3.22. The molecule has 31 heavy (non-hydrogen) atoms. The number of hydrogen-bond donors (Lipinski definition) is 1. The number of hydrogen-bond acceptors (Lipinski definition) is 6. The Morgan fingerprint density at radius 3 is 2.68 bits per heavy atom. The van der Waals surface area contributed by atoms with E-state index in [0.717, 1.165) is 22.4 Å². The van der Waals surface area contributed by atoms with Crippen LogP contribution in [0.25, 0.3) is 0 Å². The Morgan fingerprint density at radius 2 is 1.90 bits per heavy atom.